The van der Waals surface area contributed by atoms with Crippen LogP contribution in [0.1, 0.15) is 33.3 Å². The molecule has 1 aromatic carbocycles. The van der Waals surface area contributed by atoms with Crippen LogP contribution in [0.3, 0.4) is 0 Å². The minimum atomic E-state index is 0.0902. The van der Waals surface area contributed by atoms with Gasteiger partial charge in [0.15, 0.2) is 0 Å². The fraction of sp³-hybridized carbons (Fsp3) is 0.571. The van der Waals surface area contributed by atoms with Gasteiger partial charge in [-0.1, -0.05) is 13.8 Å². The summed E-state index contributed by atoms with van der Waals surface area (Å²) in [4.78, 5) is 0. The summed E-state index contributed by atoms with van der Waals surface area (Å²) in [6, 6.07) is 4.00. The van der Waals surface area contributed by atoms with E-state index >= 15 is 0 Å². The molecule has 0 fully saturated rings. The van der Waals surface area contributed by atoms with Crippen molar-refractivity contribution < 1.29 is 9.47 Å². The van der Waals surface area contributed by atoms with Crippen molar-refractivity contribution in [3.05, 3.63) is 17.7 Å². The number of hydrogen-bond acceptors (Lipinski definition) is 3. The van der Waals surface area contributed by atoms with Crippen molar-refractivity contribution >= 4 is 5.69 Å². The van der Waals surface area contributed by atoms with Gasteiger partial charge in [-0.2, -0.15) is 0 Å². The number of nitrogens with one attached hydrogen (secondary N) is 1. The van der Waals surface area contributed by atoms with Crippen molar-refractivity contribution in [2.75, 3.05) is 25.1 Å². The van der Waals surface area contributed by atoms with Gasteiger partial charge in [0.05, 0.1) is 18.9 Å². The van der Waals surface area contributed by atoms with Crippen molar-refractivity contribution in [3.63, 3.8) is 0 Å². The number of ether oxygens (including phenoxy) is 2. The molecule has 0 aliphatic carbocycles. The normalized spacial score (nSPS) is 16.2. The van der Waals surface area contributed by atoms with Gasteiger partial charge in [-0.3, -0.25) is 0 Å². The highest BCUT2D eigenvalue weighted by atomic mass is 16.5. The summed E-state index contributed by atoms with van der Waals surface area (Å²) in [6.45, 7) is 10.8. The Morgan fingerprint density at radius 3 is 2.35 bits per heavy atom. The Morgan fingerprint density at radius 2 is 1.71 bits per heavy atom. The molecule has 0 atom stereocenters. The van der Waals surface area contributed by atoms with Gasteiger partial charge in [0.1, 0.15) is 11.5 Å². The number of hydrogen-bond donors (Lipinski definition) is 1. The Hall–Kier alpha value is -1.38. The first-order valence-electron chi connectivity index (χ1n) is 6.27. The molecule has 1 aromatic rings. The van der Waals surface area contributed by atoms with Crippen LogP contribution in [0.2, 0.25) is 0 Å². The first-order chi connectivity index (χ1) is 8.10. The third kappa shape index (κ3) is 2.06. The molecular formula is C14H21NO2. The molecule has 17 heavy (non-hydrogen) atoms. The SMILES string of the molecule is CCOc1ccc(OCC)c2c1NCC2(C)C. The van der Waals surface area contributed by atoms with Crippen molar-refractivity contribution in [2.45, 2.75) is 33.1 Å². The van der Waals surface area contributed by atoms with E-state index in [0.29, 0.717) is 13.2 Å². The highest BCUT2D eigenvalue weighted by molar-refractivity contribution is 5.72. The maximum atomic E-state index is 5.72. The molecule has 94 valence electrons. The van der Waals surface area contributed by atoms with Crippen LogP contribution in [0.15, 0.2) is 12.1 Å². The first kappa shape index (κ1) is 12.1. The number of rotatable bonds is 4. The Bertz CT molecular complexity index is 413. The third-order valence-corrected chi connectivity index (χ3v) is 3.11. The lowest BCUT2D eigenvalue weighted by molar-refractivity contribution is 0.325. The van der Waals surface area contributed by atoms with E-state index in [1.807, 2.05) is 26.0 Å². The summed E-state index contributed by atoms with van der Waals surface area (Å²) in [6.07, 6.45) is 0. The molecule has 1 heterocycles. The summed E-state index contributed by atoms with van der Waals surface area (Å²) >= 11 is 0. The molecule has 0 unspecified atom stereocenters. The summed E-state index contributed by atoms with van der Waals surface area (Å²) < 4.78 is 11.4. The van der Waals surface area contributed by atoms with E-state index in [0.717, 1.165) is 23.7 Å². The fourth-order valence-electron chi connectivity index (χ4n) is 2.36. The zero-order chi connectivity index (χ0) is 12.5. The highest BCUT2D eigenvalue weighted by Crippen LogP contribution is 2.47. The third-order valence-electron chi connectivity index (χ3n) is 3.11. The summed E-state index contributed by atoms with van der Waals surface area (Å²) in [5.41, 5.74) is 2.43. The Balaban J connectivity index is 2.50. The Kier molecular flexibility index (Phi) is 3.18. The lowest BCUT2D eigenvalue weighted by Gasteiger charge is -2.21. The van der Waals surface area contributed by atoms with E-state index in [-0.39, 0.29) is 5.41 Å². The molecule has 0 amide bonds. The van der Waals surface area contributed by atoms with Gasteiger partial charge in [0.25, 0.3) is 0 Å². The molecule has 0 saturated heterocycles. The number of fused-ring (bicyclic) bond motifs is 1. The van der Waals surface area contributed by atoms with E-state index < -0.39 is 0 Å². The maximum absolute atomic E-state index is 5.72. The molecule has 2 rings (SSSR count). The molecule has 1 N–H and O–H groups in total. The zero-order valence-corrected chi connectivity index (χ0v) is 11.1. The van der Waals surface area contributed by atoms with Crippen molar-refractivity contribution in [3.8, 4) is 11.5 Å². The van der Waals surface area contributed by atoms with Crippen LogP contribution in [0.4, 0.5) is 5.69 Å². The predicted molar refractivity (Wildman–Crippen MR) is 70.3 cm³/mol. The van der Waals surface area contributed by atoms with Gasteiger partial charge in [-0.05, 0) is 26.0 Å². The van der Waals surface area contributed by atoms with Gasteiger partial charge in [-0.25, -0.2) is 0 Å². The van der Waals surface area contributed by atoms with Crippen molar-refractivity contribution in [1.29, 1.82) is 0 Å². The summed E-state index contributed by atoms with van der Waals surface area (Å²) in [5, 5.41) is 3.44. The molecule has 0 bridgehead atoms. The van der Waals surface area contributed by atoms with Crippen LogP contribution < -0.4 is 14.8 Å². The van der Waals surface area contributed by atoms with E-state index in [4.69, 9.17) is 9.47 Å². The van der Waals surface area contributed by atoms with Gasteiger partial charge >= 0.3 is 0 Å². The maximum Gasteiger partial charge on any atom is 0.142 e. The highest BCUT2D eigenvalue weighted by Gasteiger charge is 2.35. The predicted octanol–water partition coefficient (Wildman–Crippen LogP) is 3.19. The second-order valence-electron chi connectivity index (χ2n) is 4.92. The summed E-state index contributed by atoms with van der Waals surface area (Å²) in [7, 11) is 0. The quantitative estimate of drug-likeness (QED) is 0.869. The van der Waals surface area contributed by atoms with Crippen molar-refractivity contribution in [1.82, 2.24) is 0 Å². The first-order valence-corrected chi connectivity index (χ1v) is 6.27. The lowest BCUT2D eigenvalue weighted by atomic mass is 9.86. The second-order valence-corrected chi connectivity index (χ2v) is 4.92. The smallest absolute Gasteiger partial charge is 0.142 e. The van der Waals surface area contributed by atoms with Crippen LogP contribution in [0, 0.1) is 0 Å². The standard InChI is InChI=1S/C14H21NO2/c1-5-16-10-7-8-11(17-6-2)13-12(10)14(3,4)9-15-13/h7-8,15H,5-6,9H2,1-4H3. The Morgan fingerprint density at radius 1 is 1.12 bits per heavy atom. The zero-order valence-electron chi connectivity index (χ0n) is 11.1. The second kappa shape index (κ2) is 4.47. The molecule has 1 aliphatic rings. The van der Waals surface area contributed by atoms with Crippen LogP contribution in [-0.4, -0.2) is 19.8 Å². The van der Waals surface area contributed by atoms with E-state index in [1.165, 1.54) is 5.56 Å². The monoisotopic (exact) mass is 235 g/mol. The molecule has 3 nitrogen and oxygen atoms in total. The molecule has 1 aliphatic heterocycles. The van der Waals surface area contributed by atoms with Gasteiger partial charge in [0, 0.05) is 17.5 Å². The van der Waals surface area contributed by atoms with E-state index in [1.54, 1.807) is 0 Å². The number of benzene rings is 1. The van der Waals surface area contributed by atoms with Crippen LogP contribution in [0.5, 0.6) is 11.5 Å². The van der Waals surface area contributed by atoms with E-state index in [2.05, 4.69) is 19.2 Å². The van der Waals surface area contributed by atoms with Gasteiger partial charge < -0.3 is 14.8 Å². The Labute approximate surface area is 103 Å². The molecule has 0 spiro atoms. The van der Waals surface area contributed by atoms with Gasteiger partial charge in [-0.15, -0.1) is 0 Å². The molecular weight excluding hydrogens is 214 g/mol. The fourth-order valence-corrected chi connectivity index (χ4v) is 2.36. The van der Waals surface area contributed by atoms with Crippen molar-refractivity contribution in [2.24, 2.45) is 0 Å². The average Bonchev–Trinajstić information content (AvgIpc) is 2.60. The van der Waals surface area contributed by atoms with Gasteiger partial charge in [0.2, 0.25) is 0 Å². The minimum Gasteiger partial charge on any atom is -0.493 e. The van der Waals surface area contributed by atoms with Crippen LogP contribution >= 0.6 is 0 Å². The average molecular weight is 235 g/mol. The molecule has 0 aromatic heterocycles. The minimum absolute atomic E-state index is 0.0902. The molecule has 3 heteroatoms. The topological polar surface area (TPSA) is 30.5 Å². The number of anilines is 1. The summed E-state index contributed by atoms with van der Waals surface area (Å²) in [5.74, 6) is 1.90. The largest absolute Gasteiger partial charge is 0.493 e. The van der Waals surface area contributed by atoms with E-state index in [9.17, 15) is 0 Å². The molecule has 0 saturated carbocycles. The molecule has 0 radical (unpaired) electrons. The van der Waals surface area contributed by atoms with Crippen LogP contribution in [-0.2, 0) is 5.41 Å². The van der Waals surface area contributed by atoms with Crippen LogP contribution in [0.25, 0.3) is 0 Å². The lowest BCUT2D eigenvalue weighted by Crippen LogP contribution is -2.19.